The van der Waals surface area contributed by atoms with E-state index in [-0.39, 0.29) is 0 Å². The van der Waals surface area contributed by atoms with Crippen molar-refractivity contribution in [1.82, 2.24) is 9.21 Å². The predicted molar refractivity (Wildman–Crippen MR) is 44.8 cm³/mol. The van der Waals surface area contributed by atoms with Crippen LogP contribution in [0.3, 0.4) is 0 Å². The molecule has 0 atom stereocenters. The fourth-order valence-electron chi connectivity index (χ4n) is 0.936. The normalized spacial score (nSPS) is 22.4. The van der Waals surface area contributed by atoms with Gasteiger partial charge < -0.3 is 4.90 Å². The van der Waals surface area contributed by atoms with Crippen LogP contribution < -0.4 is 0 Å². The zero-order valence-electron chi connectivity index (χ0n) is 6.95. The van der Waals surface area contributed by atoms with Crippen molar-refractivity contribution in [3.05, 3.63) is 0 Å². The third-order valence-electron chi connectivity index (χ3n) is 1.67. The molecular weight excluding hydrogens is 164 g/mol. The van der Waals surface area contributed by atoms with Gasteiger partial charge in [0.2, 0.25) is 0 Å². The van der Waals surface area contributed by atoms with Gasteiger partial charge in [0.1, 0.15) is 12.2 Å². The number of hydrogen-bond acceptors (Lipinski definition) is 5. The van der Waals surface area contributed by atoms with Crippen molar-refractivity contribution in [3.8, 4) is 0 Å². The molecule has 0 saturated carbocycles. The number of hydrogen-bond donors (Lipinski definition) is 0. The second kappa shape index (κ2) is 4.95. The highest BCUT2D eigenvalue weighted by molar-refractivity contribution is 7.92. The van der Waals surface area contributed by atoms with E-state index in [1.54, 1.807) is 0 Å². The molecule has 0 aliphatic carbocycles. The van der Waals surface area contributed by atoms with Gasteiger partial charge in [0.25, 0.3) is 0 Å². The van der Waals surface area contributed by atoms with Crippen LogP contribution in [-0.2, 0) is 9.22 Å². The Labute approximate surface area is 71.7 Å². The minimum atomic E-state index is 1.03. The number of likely N-dealkylation sites (N-methyl/N-ethyl adjacent to an activating group) is 1. The third kappa shape index (κ3) is 3.39. The van der Waals surface area contributed by atoms with E-state index in [1.807, 2.05) is 0 Å². The average Bonchev–Trinajstić information content (AvgIpc) is 2.04. The summed E-state index contributed by atoms with van der Waals surface area (Å²) < 4.78 is 6.87. The fourth-order valence-corrected chi connectivity index (χ4v) is 1.40. The highest BCUT2D eigenvalue weighted by Gasteiger charge is 2.14. The molecule has 0 N–H and O–H groups in total. The van der Waals surface area contributed by atoms with E-state index in [0.717, 1.165) is 26.2 Å². The van der Waals surface area contributed by atoms with Crippen LogP contribution in [0.1, 0.15) is 0 Å². The van der Waals surface area contributed by atoms with E-state index in [4.69, 9.17) is 4.33 Å². The lowest BCUT2D eigenvalue weighted by Crippen LogP contribution is -2.41. The topological polar surface area (TPSA) is 24.9 Å². The minimum absolute atomic E-state index is 1.03. The van der Waals surface area contributed by atoms with Crippen molar-refractivity contribution in [2.24, 2.45) is 0 Å². The predicted octanol–water partition coefficient (Wildman–Crippen LogP) is 0.375. The summed E-state index contributed by atoms with van der Waals surface area (Å²) in [5.41, 5.74) is 0. The molecule has 5 heteroatoms. The Balaban J connectivity index is 2.07. The van der Waals surface area contributed by atoms with Gasteiger partial charge in [-0.1, -0.05) is 0 Å². The maximum atomic E-state index is 4.73. The van der Waals surface area contributed by atoms with Crippen LogP contribution in [-0.4, -0.2) is 49.5 Å². The van der Waals surface area contributed by atoms with Gasteiger partial charge in [0.15, 0.2) is 0 Å². The van der Waals surface area contributed by atoms with Crippen LogP contribution in [0.5, 0.6) is 0 Å². The van der Waals surface area contributed by atoms with E-state index in [1.165, 1.54) is 19.3 Å². The van der Waals surface area contributed by atoms with Crippen LogP contribution >= 0.6 is 12.2 Å². The van der Waals surface area contributed by atoms with Crippen LogP contribution in [0.25, 0.3) is 0 Å². The Morgan fingerprint density at radius 1 is 1.18 bits per heavy atom. The van der Waals surface area contributed by atoms with Gasteiger partial charge in [-0.05, 0) is 7.05 Å². The molecule has 1 saturated heterocycles. The summed E-state index contributed by atoms with van der Waals surface area (Å²) in [6, 6.07) is 0. The summed E-state index contributed by atoms with van der Waals surface area (Å²) in [6.07, 6.45) is 0. The first-order valence-electron chi connectivity index (χ1n) is 3.64. The molecule has 1 aliphatic rings. The molecule has 0 radical (unpaired) electrons. The summed E-state index contributed by atoms with van der Waals surface area (Å²) in [6.45, 7) is 4.26. The second-order valence-corrected chi connectivity index (χ2v) is 3.34. The van der Waals surface area contributed by atoms with Crippen molar-refractivity contribution in [2.45, 2.75) is 0 Å². The monoisotopic (exact) mass is 178 g/mol. The molecule has 0 unspecified atom stereocenters. The first-order valence-corrected chi connectivity index (χ1v) is 4.33. The molecule has 0 aromatic heterocycles. The molecule has 4 nitrogen and oxygen atoms in total. The molecule has 0 aromatic carbocycles. The quantitative estimate of drug-likeness (QED) is 0.269. The standard InChI is InChI=1S/C6H14N2O2S/c1-7-3-5-8(6-4-7)11-10-9-2/h3-6H2,1-2H3. The zero-order chi connectivity index (χ0) is 8.10. The highest BCUT2D eigenvalue weighted by atomic mass is 32.2. The van der Waals surface area contributed by atoms with Gasteiger partial charge in [-0.25, -0.2) is 9.19 Å². The maximum Gasteiger partial charge on any atom is 0.121 e. The van der Waals surface area contributed by atoms with Gasteiger partial charge in [-0.2, -0.15) is 0 Å². The summed E-state index contributed by atoms with van der Waals surface area (Å²) >= 11 is 1.28. The Bertz CT molecular complexity index is 104. The number of nitrogens with zero attached hydrogens (tertiary/aromatic N) is 2. The van der Waals surface area contributed by atoms with E-state index >= 15 is 0 Å². The first kappa shape index (κ1) is 9.28. The van der Waals surface area contributed by atoms with Gasteiger partial charge in [-0.15, -0.1) is 4.33 Å². The Morgan fingerprint density at radius 3 is 2.36 bits per heavy atom. The van der Waals surface area contributed by atoms with E-state index in [9.17, 15) is 0 Å². The Kier molecular flexibility index (Phi) is 4.17. The molecule has 1 aliphatic heterocycles. The molecular formula is C6H14N2O2S. The summed E-state index contributed by atoms with van der Waals surface area (Å²) in [4.78, 5) is 6.77. The van der Waals surface area contributed by atoms with Crippen LogP contribution in [0.15, 0.2) is 0 Å². The largest absolute Gasteiger partial charge is 0.304 e. The summed E-state index contributed by atoms with van der Waals surface area (Å²) in [7, 11) is 3.64. The smallest absolute Gasteiger partial charge is 0.121 e. The van der Waals surface area contributed by atoms with Gasteiger partial charge in [-0.3, -0.25) is 0 Å². The summed E-state index contributed by atoms with van der Waals surface area (Å²) in [5, 5.41) is 0. The van der Waals surface area contributed by atoms with E-state index < -0.39 is 0 Å². The van der Waals surface area contributed by atoms with Gasteiger partial charge in [0.05, 0.1) is 7.11 Å². The molecule has 0 bridgehead atoms. The molecule has 1 rings (SSSR count). The van der Waals surface area contributed by atoms with Crippen molar-refractivity contribution in [1.29, 1.82) is 0 Å². The number of piperazine rings is 1. The van der Waals surface area contributed by atoms with Crippen molar-refractivity contribution in [2.75, 3.05) is 40.3 Å². The molecule has 11 heavy (non-hydrogen) atoms. The third-order valence-corrected chi connectivity index (χ3v) is 2.44. The minimum Gasteiger partial charge on any atom is -0.304 e. The van der Waals surface area contributed by atoms with E-state index in [2.05, 4.69) is 21.1 Å². The van der Waals surface area contributed by atoms with E-state index in [0.29, 0.717) is 0 Å². The van der Waals surface area contributed by atoms with Crippen LogP contribution in [0.4, 0.5) is 0 Å². The van der Waals surface area contributed by atoms with Crippen LogP contribution in [0.2, 0.25) is 0 Å². The van der Waals surface area contributed by atoms with Gasteiger partial charge >= 0.3 is 0 Å². The lowest BCUT2D eigenvalue weighted by molar-refractivity contribution is -0.164. The second-order valence-electron chi connectivity index (χ2n) is 2.54. The average molecular weight is 178 g/mol. The Morgan fingerprint density at radius 2 is 1.82 bits per heavy atom. The molecule has 0 spiro atoms. The Hall–Kier alpha value is 0.190. The van der Waals surface area contributed by atoms with Crippen molar-refractivity contribution < 1.29 is 9.22 Å². The molecule has 1 heterocycles. The zero-order valence-corrected chi connectivity index (χ0v) is 7.76. The van der Waals surface area contributed by atoms with Crippen molar-refractivity contribution >= 4 is 12.2 Å². The molecule has 0 amide bonds. The maximum absolute atomic E-state index is 4.73. The number of rotatable bonds is 3. The first-order chi connectivity index (χ1) is 5.33. The fraction of sp³-hybridized carbons (Fsp3) is 1.00. The van der Waals surface area contributed by atoms with Gasteiger partial charge in [0, 0.05) is 26.2 Å². The lowest BCUT2D eigenvalue weighted by atomic mass is 10.4. The molecule has 0 aromatic rings. The molecule has 1 fully saturated rings. The lowest BCUT2D eigenvalue weighted by Gasteiger charge is -2.29. The SMILES string of the molecule is COOSN1CCN(C)CC1. The van der Waals surface area contributed by atoms with Crippen molar-refractivity contribution in [3.63, 3.8) is 0 Å². The van der Waals surface area contributed by atoms with Crippen LogP contribution in [0, 0.1) is 0 Å². The highest BCUT2D eigenvalue weighted by Crippen LogP contribution is 2.13. The molecule has 66 valence electrons. The summed E-state index contributed by atoms with van der Waals surface area (Å²) in [5.74, 6) is 0.